The van der Waals surface area contributed by atoms with Crippen molar-refractivity contribution in [2.24, 2.45) is 0 Å². The maximum atomic E-state index is 12.3. The summed E-state index contributed by atoms with van der Waals surface area (Å²) in [6.45, 7) is 7.44. The topological polar surface area (TPSA) is 47.4 Å². The summed E-state index contributed by atoms with van der Waals surface area (Å²) >= 11 is 0. The number of carbonyl (C=O) groups excluding carboxylic acids is 1. The van der Waals surface area contributed by atoms with Crippen LogP contribution in [0.1, 0.15) is 46.5 Å². The van der Waals surface area contributed by atoms with Crippen molar-refractivity contribution in [1.82, 2.24) is 14.5 Å². The summed E-state index contributed by atoms with van der Waals surface area (Å²) < 4.78 is 7.57. The third-order valence-electron chi connectivity index (χ3n) is 3.53. The van der Waals surface area contributed by atoms with Crippen LogP contribution in [0.15, 0.2) is 18.7 Å². The quantitative estimate of drug-likeness (QED) is 0.854. The van der Waals surface area contributed by atoms with Gasteiger partial charge in [-0.2, -0.15) is 0 Å². The van der Waals surface area contributed by atoms with Crippen LogP contribution in [-0.2, 0) is 11.3 Å². The van der Waals surface area contributed by atoms with E-state index in [1.165, 1.54) is 6.42 Å². The van der Waals surface area contributed by atoms with Gasteiger partial charge in [0.2, 0.25) is 0 Å². The third kappa shape index (κ3) is 4.25. The molecule has 1 aliphatic rings. The van der Waals surface area contributed by atoms with Crippen molar-refractivity contribution in [3.8, 4) is 0 Å². The molecule has 5 heteroatoms. The normalized spacial score (nSPS) is 19.9. The molecule has 2 heterocycles. The van der Waals surface area contributed by atoms with Gasteiger partial charge >= 0.3 is 6.09 Å². The van der Waals surface area contributed by atoms with Gasteiger partial charge in [-0.05, 0) is 46.5 Å². The maximum Gasteiger partial charge on any atom is 0.410 e. The van der Waals surface area contributed by atoms with E-state index in [9.17, 15) is 4.79 Å². The predicted octanol–water partition coefficient (Wildman–Crippen LogP) is 3.06. The number of piperidine rings is 1. The SMILES string of the molecule is CC(C)(C)OC(=O)N1CCCCC1CCn1ccnc1. The molecule has 2 rings (SSSR count). The zero-order valence-electron chi connectivity index (χ0n) is 12.7. The van der Waals surface area contributed by atoms with Gasteiger partial charge in [-0.3, -0.25) is 0 Å². The number of imidazole rings is 1. The van der Waals surface area contributed by atoms with Gasteiger partial charge in [-0.1, -0.05) is 0 Å². The molecular formula is C15H25N3O2. The van der Waals surface area contributed by atoms with Crippen LogP contribution in [0.25, 0.3) is 0 Å². The summed E-state index contributed by atoms with van der Waals surface area (Å²) in [4.78, 5) is 18.2. The van der Waals surface area contributed by atoms with E-state index in [-0.39, 0.29) is 12.1 Å². The number of nitrogens with zero attached hydrogens (tertiary/aromatic N) is 3. The Bertz CT molecular complexity index is 423. The number of aromatic nitrogens is 2. The molecule has 0 aromatic carbocycles. The van der Waals surface area contributed by atoms with Gasteiger partial charge in [0.05, 0.1) is 6.33 Å². The van der Waals surface area contributed by atoms with Crippen molar-refractivity contribution in [3.05, 3.63) is 18.7 Å². The van der Waals surface area contributed by atoms with Gasteiger partial charge in [0, 0.05) is 31.5 Å². The first kappa shape index (κ1) is 14.9. The second-order valence-corrected chi connectivity index (χ2v) is 6.41. The lowest BCUT2D eigenvalue weighted by Gasteiger charge is -2.36. The van der Waals surface area contributed by atoms with Gasteiger partial charge in [0.1, 0.15) is 5.60 Å². The van der Waals surface area contributed by atoms with E-state index in [0.29, 0.717) is 0 Å². The summed E-state index contributed by atoms with van der Waals surface area (Å²) in [5, 5.41) is 0. The van der Waals surface area contributed by atoms with E-state index >= 15 is 0 Å². The van der Waals surface area contributed by atoms with E-state index < -0.39 is 5.60 Å². The molecule has 0 spiro atoms. The smallest absolute Gasteiger partial charge is 0.410 e. The number of likely N-dealkylation sites (tertiary alicyclic amines) is 1. The molecule has 1 saturated heterocycles. The number of carbonyl (C=O) groups is 1. The number of hydrogen-bond acceptors (Lipinski definition) is 3. The number of ether oxygens (including phenoxy) is 1. The minimum absolute atomic E-state index is 0.173. The Morgan fingerprint density at radius 3 is 2.85 bits per heavy atom. The first-order valence-corrected chi connectivity index (χ1v) is 7.41. The Balaban J connectivity index is 1.92. The highest BCUT2D eigenvalue weighted by molar-refractivity contribution is 5.68. The largest absolute Gasteiger partial charge is 0.444 e. The van der Waals surface area contributed by atoms with Crippen molar-refractivity contribution >= 4 is 6.09 Å². The molecular weight excluding hydrogens is 254 g/mol. The fraction of sp³-hybridized carbons (Fsp3) is 0.733. The third-order valence-corrected chi connectivity index (χ3v) is 3.53. The van der Waals surface area contributed by atoms with Crippen LogP contribution in [0.4, 0.5) is 4.79 Å². The molecule has 1 aromatic heterocycles. The van der Waals surface area contributed by atoms with Crippen LogP contribution in [-0.4, -0.2) is 38.7 Å². The van der Waals surface area contributed by atoms with E-state index in [1.54, 1.807) is 6.20 Å². The summed E-state index contributed by atoms with van der Waals surface area (Å²) in [6, 6.07) is 0.279. The minimum Gasteiger partial charge on any atom is -0.444 e. The van der Waals surface area contributed by atoms with Crippen molar-refractivity contribution in [3.63, 3.8) is 0 Å². The Hall–Kier alpha value is -1.52. The Labute approximate surface area is 120 Å². The second kappa shape index (κ2) is 6.29. The number of rotatable bonds is 3. The van der Waals surface area contributed by atoms with Gasteiger partial charge < -0.3 is 14.2 Å². The van der Waals surface area contributed by atoms with Crippen LogP contribution in [0.3, 0.4) is 0 Å². The van der Waals surface area contributed by atoms with Gasteiger partial charge in [0.25, 0.3) is 0 Å². The molecule has 1 amide bonds. The highest BCUT2D eigenvalue weighted by Gasteiger charge is 2.30. The second-order valence-electron chi connectivity index (χ2n) is 6.41. The summed E-state index contributed by atoms with van der Waals surface area (Å²) in [5.41, 5.74) is -0.427. The molecule has 0 radical (unpaired) electrons. The van der Waals surface area contributed by atoms with Gasteiger partial charge in [-0.25, -0.2) is 9.78 Å². The fourth-order valence-corrected chi connectivity index (χ4v) is 2.58. The summed E-state index contributed by atoms with van der Waals surface area (Å²) in [7, 11) is 0. The molecule has 0 N–H and O–H groups in total. The van der Waals surface area contributed by atoms with Crippen molar-refractivity contribution in [2.75, 3.05) is 6.54 Å². The van der Waals surface area contributed by atoms with Gasteiger partial charge in [-0.15, -0.1) is 0 Å². The average molecular weight is 279 g/mol. The molecule has 0 bridgehead atoms. The fourth-order valence-electron chi connectivity index (χ4n) is 2.58. The molecule has 1 aromatic rings. The van der Waals surface area contributed by atoms with Gasteiger partial charge in [0.15, 0.2) is 0 Å². The lowest BCUT2D eigenvalue weighted by atomic mass is 10.00. The molecule has 0 saturated carbocycles. The first-order chi connectivity index (χ1) is 9.46. The number of amides is 1. The molecule has 20 heavy (non-hydrogen) atoms. The highest BCUT2D eigenvalue weighted by atomic mass is 16.6. The van der Waals surface area contributed by atoms with Crippen molar-refractivity contribution < 1.29 is 9.53 Å². The predicted molar refractivity (Wildman–Crippen MR) is 77.4 cm³/mol. The van der Waals surface area contributed by atoms with E-state index in [2.05, 4.69) is 9.55 Å². The van der Waals surface area contributed by atoms with Crippen LogP contribution < -0.4 is 0 Å². The van der Waals surface area contributed by atoms with Crippen LogP contribution in [0, 0.1) is 0 Å². The molecule has 112 valence electrons. The lowest BCUT2D eigenvalue weighted by Crippen LogP contribution is -2.46. The standard InChI is InChI=1S/C15H25N3O2/c1-15(2,3)20-14(19)18-9-5-4-6-13(18)7-10-17-11-8-16-12-17/h8,11-13H,4-7,9-10H2,1-3H3. The molecule has 1 unspecified atom stereocenters. The first-order valence-electron chi connectivity index (χ1n) is 7.41. The van der Waals surface area contributed by atoms with Crippen molar-refractivity contribution in [2.45, 2.75) is 64.6 Å². The summed E-state index contributed by atoms with van der Waals surface area (Å²) in [5.74, 6) is 0. The zero-order valence-corrected chi connectivity index (χ0v) is 12.7. The van der Waals surface area contributed by atoms with E-state index in [4.69, 9.17) is 4.74 Å². The molecule has 0 aliphatic carbocycles. The van der Waals surface area contributed by atoms with Crippen LogP contribution in [0.2, 0.25) is 0 Å². The molecule has 1 atom stereocenters. The number of aryl methyl sites for hydroxylation is 1. The molecule has 5 nitrogen and oxygen atoms in total. The highest BCUT2D eigenvalue weighted by Crippen LogP contribution is 2.22. The van der Waals surface area contributed by atoms with Crippen LogP contribution in [0.5, 0.6) is 0 Å². The maximum absolute atomic E-state index is 12.3. The Morgan fingerprint density at radius 1 is 1.40 bits per heavy atom. The Kier molecular flexibility index (Phi) is 4.68. The van der Waals surface area contributed by atoms with E-state index in [0.717, 1.165) is 32.4 Å². The zero-order chi connectivity index (χ0) is 14.6. The molecule has 1 fully saturated rings. The lowest BCUT2D eigenvalue weighted by molar-refractivity contribution is 0.00838. The summed E-state index contributed by atoms with van der Waals surface area (Å²) in [6.07, 6.45) is 9.67. The van der Waals surface area contributed by atoms with Crippen molar-refractivity contribution in [1.29, 1.82) is 0 Å². The monoisotopic (exact) mass is 279 g/mol. The van der Waals surface area contributed by atoms with Crippen LogP contribution >= 0.6 is 0 Å². The Morgan fingerprint density at radius 2 is 2.20 bits per heavy atom. The molecule has 1 aliphatic heterocycles. The van der Waals surface area contributed by atoms with E-state index in [1.807, 2.05) is 38.2 Å². The number of hydrogen-bond donors (Lipinski definition) is 0. The average Bonchev–Trinajstić information content (AvgIpc) is 2.87. The minimum atomic E-state index is -0.427.